The summed E-state index contributed by atoms with van der Waals surface area (Å²) >= 11 is 0. The molecular formula is C41H26O. The number of rotatable bonds is 3. The lowest BCUT2D eigenvalue weighted by molar-refractivity contribution is 0.669. The summed E-state index contributed by atoms with van der Waals surface area (Å²) in [7, 11) is 0. The summed E-state index contributed by atoms with van der Waals surface area (Å²) in [5, 5.41) is 6.55. The molecule has 0 bridgehead atoms. The molecule has 8 aromatic carbocycles. The molecule has 1 aromatic heterocycles. The molecule has 42 heavy (non-hydrogen) atoms. The molecule has 0 aliphatic rings. The Morgan fingerprint density at radius 1 is 0.476 bits per heavy atom. The van der Waals surface area contributed by atoms with Crippen molar-refractivity contribution in [1.82, 2.24) is 0 Å². The lowest BCUT2D eigenvalue weighted by atomic mass is 9.85. The SMILES string of the molecule is [2H]c1c([2H])c([2H])c2c(-c3ccc4oc5cc6ccccc6cc5c4c3)c3c([2H])c([2H])c([2H])c([2H])c3c(Cc3cccc4ccccc34)c2c1[2H]. The van der Waals surface area contributed by atoms with Gasteiger partial charge in [-0.15, -0.1) is 0 Å². The van der Waals surface area contributed by atoms with Gasteiger partial charge in [-0.25, -0.2) is 0 Å². The van der Waals surface area contributed by atoms with Crippen molar-refractivity contribution in [2.24, 2.45) is 0 Å². The van der Waals surface area contributed by atoms with Crippen LogP contribution in [0.25, 0.3) is 76.2 Å². The van der Waals surface area contributed by atoms with Gasteiger partial charge in [0.25, 0.3) is 0 Å². The fraction of sp³-hybridized carbons (Fsp3) is 0.0244. The van der Waals surface area contributed by atoms with E-state index in [2.05, 4.69) is 6.07 Å². The first-order valence-corrected chi connectivity index (χ1v) is 13.9. The van der Waals surface area contributed by atoms with Crippen LogP contribution in [-0.4, -0.2) is 0 Å². The van der Waals surface area contributed by atoms with E-state index in [0.717, 1.165) is 37.9 Å². The van der Waals surface area contributed by atoms with Crippen LogP contribution >= 0.6 is 0 Å². The maximum Gasteiger partial charge on any atom is 0.136 e. The highest BCUT2D eigenvalue weighted by atomic mass is 16.3. The smallest absolute Gasteiger partial charge is 0.136 e. The fourth-order valence-electron chi connectivity index (χ4n) is 6.42. The van der Waals surface area contributed by atoms with Gasteiger partial charge in [0.05, 0.1) is 11.0 Å². The molecule has 0 fully saturated rings. The molecule has 1 heterocycles. The molecule has 0 saturated heterocycles. The molecule has 0 unspecified atom stereocenters. The van der Waals surface area contributed by atoms with E-state index in [1.165, 1.54) is 0 Å². The number of hydrogen-bond acceptors (Lipinski definition) is 1. The molecule has 0 amide bonds. The topological polar surface area (TPSA) is 13.1 Å². The largest absolute Gasteiger partial charge is 0.456 e. The Balaban J connectivity index is 1.47. The van der Waals surface area contributed by atoms with Gasteiger partial charge < -0.3 is 4.42 Å². The summed E-state index contributed by atoms with van der Waals surface area (Å²) < 4.78 is 78.2. The molecule has 0 radical (unpaired) electrons. The van der Waals surface area contributed by atoms with Crippen LogP contribution in [-0.2, 0) is 6.42 Å². The standard InChI is InChI=1S/C41H26O/c1-2-12-28-25-40-38(22-27(28)11-1)37-24-30(20-21-39(37)42-40)41-34-18-7-5-16-32(34)36(33-17-6-8-19-35(33)41)23-29-14-9-13-26-10-3-4-15-31(26)29/h1-22,24-25H,23H2/i5D,6D,7D,8D,16D,17D,18D,19D. The third kappa shape index (κ3) is 3.50. The average Bonchev–Trinajstić information content (AvgIpc) is 3.49. The number of furan rings is 1. The van der Waals surface area contributed by atoms with Crippen molar-refractivity contribution < 1.29 is 15.4 Å². The molecule has 1 heteroatoms. The van der Waals surface area contributed by atoms with E-state index in [1.807, 2.05) is 84.9 Å². The van der Waals surface area contributed by atoms with Gasteiger partial charge in [0.15, 0.2) is 0 Å². The summed E-state index contributed by atoms with van der Waals surface area (Å²) in [6.45, 7) is 0. The molecule has 9 aromatic rings. The van der Waals surface area contributed by atoms with Gasteiger partial charge in [-0.1, -0.05) is 121 Å². The van der Waals surface area contributed by atoms with E-state index in [4.69, 9.17) is 9.90 Å². The normalized spacial score (nSPS) is 14.6. The van der Waals surface area contributed by atoms with Crippen LogP contribution in [0.2, 0.25) is 0 Å². The van der Waals surface area contributed by atoms with Gasteiger partial charge in [-0.3, -0.25) is 0 Å². The number of fused-ring (bicyclic) bond motifs is 7. The minimum Gasteiger partial charge on any atom is -0.456 e. The number of hydrogen-bond donors (Lipinski definition) is 0. The average molecular weight is 543 g/mol. The van der Waals surface area contributed by atoms with Gasteiger partial charge in [0.1, 0.15) is 11.2 Å². The van der Waals surface area contributed by atoms with Crippen molar-refractivity contribution >= 4 is 65.0 Å². The first kappa shape index (κ1) is 16.8. The predicted octanol–water partition coefficient (Wildman–Crippen LogP) is 11.5. The van der Waals surface area contributed by atoms with Gasteiger partial charge in [0.2, 0.25) is 0 Å². The van der Waals surface area contributed by atoms with Crippen LogP contribution in [0.4, 0.5) is 0 Å². The Bertz CT molecular complexity index is 2860. The van der Waals surface area contributed by atoms with E-state index < -0.39 is 24.2 Å². The highest BCUT2D eigenvalue weighted by molar-refractivity contribution is 6.17. The minimum atomic E-state index is -0.415. The Morgan fingerprint density at radius 2 is 1.10 bits per heavy atom. The van der Waals surface area contributed by atoms with E-state index in [9.17, 15) is 5.48 Å². The summed E-state index contributed by atoms with van der Waals surface area (Å²) in [6, 6.07) is 28.6. The summed E-state index contributed by atoms with van der Waals surface area (Å²) in [4.78, 5) is 0. The van der Waals surface area contributed by atoms with E-state index in [1.54, 1.807) is 6.07 Å². The molecule has 1 nitrogen and oxygen atoms in total. The Hall–Kier alpha value is -5.40. The quantitative estimate of drug-likeness (QED) is 0.202. The van der Waals surface area contributed by atoms with Crippen molar-refractivity contribution in [3.8, 4) is 11.1 Å². The Labute approximate surface area is 254 Å². The maximum absolute atomic E-state index is 9.27. The molecule has 0 atom stereocenters. The molecule has 196 valence electrons. The molecule has 9 rings (SSSR count). The van der Waals surface area contributed by atoms with E-state index in [0.29, 0.717) is 27.9 Å². The molecule has 0 spiro atoms. The molecule has 0 saturated carbocycles. The highest BCUT2D eigenvalue weighted by Gasteiger charge is 2.18. The molecule has 0 aliphatic carbocycles. The zero-order valence-electron chi connectivity index (χ0n) is 30.4. The van der Waals surface area contributed by atoms with Crippen LogP contribution < -0.4 is 0 Å². The van der Waals surface area contributed by atoms with Crippen molar-refractivity contribution in [2.45, 2.75) is 6.42 Å². The van der Waals surface area contributed by atoms with Crippen LogP contribution in [0, 0.1) is 0 Å². The van der Waals surface area contributed by atoms with Gasteiger partial charge in [-0.05, 0) is 96.0 Å². The zero-order valence-corrected chi connectivity index (χ0v) is 22.4. The zero-order chi connectivity index (χ0) is 34.6. The molecular weight excluding hydrogens is 508 g/mol. The van der Waals surface area contributed by atoms with Crippen LogP contribution in [0.3, 0.4) is 0 Å². The van der Waals surface area contributed by atoms with Crippen LogP contribution in [0.15, 0.2) is 150 Å². The van der Waals surface area contributed by atoms with Crippen molar-refractivity contribution in [1.29, 1.82) is 0 Å². The molecule has 0 aliphatic heterocycles. The van der Waals surface area contributed by atoms with Crippen LogP contribution in [0.1, 0.15) is 22.1 Å². The van der Waals surface area contributed by atoms with Gasteiger partial charge in [0, 0.05) is 10.8 Å². The predicted molar refractivity (Wildman–Crippen MR) is 178 cm³/mol. The van der Waals surface area contributed by atoms with Crippen molar-refractivity contribution in [3.63, 3.8) is 0 Å². The lowest BCUT2D eigenvalue weighted by Crippen LogP contribution is -1.96. The van der Waals surface area contributed by atoms with Gasteiger partial charge >= 0.3 is 0 Å². The maximum atomic E-state index is 9.27. The monoisotopic (exact) mass is 542 g/mol. The fourth-order valence-corrected chi connectivity index (χ4v) is 6.42. The second kappa shape index (κ2) is 9.06. The molecule has 0 N–H and O–H groups in total. The Morgan fingerprint density at radius 3 is 1.86 bits per heavy atom. The Kier molecular flexibility index (Phi) is 3.62. The summed E-state index contributed by atoms with van der Waals surface area (Å²) in [6.07, 6.45) is 0.178. The van der Waals surface area contributed by atoms with Crippen LogP contribution in [0.5, 0.6) is 0 Å². The van der Waals surface area contributed by atoms with E-state index >= 15 is 0 Å². The highest BCUT2D eigenvalue weighted by Crippen LogP contribution is 2.42. The summed E-state index contributed by atoms with van der Waals surface area (Å²) in [5.41, 5.74) is 3.50. The number of benzene rings is 8. The minimum absolute atomic E-state index is 0.178. The second-order valence-corrected chi connectivity index (χ2v) is 10.7. The second-order valence-electron chi connectivity index (χ2n) is 10.7. The van der Waals surface area contributed by atoms with E-state index in [-0.39, 0.29) is 52.1 Å². The van der Waals surface area contributed by atoms with Crippen molar-refractivity contribution in [2.75, 3.05) is 0 Å². The summed E-state index contributed by atoms with van der Waals surface area (Å²) in [5.74, 6) is 0. The third-order valence-corrected chi connectivity index (χ3v) is 8.35. The lowest BCUT2D eigenvalue weighted by Gasteiger charge is -2.18. The first-order chi connectivity index (χ1) is 24.1. The van der Waals surface area contributed by atoms with Gasteiger partial charge in [-0.2, -0.15) is 0 Å². The third-order valence-electron chi connectivity index (χ3n) is 8.35. The first-order valence-electron chi connectivity index (χ1n) is 17.9. The van der Waals surface area contributed by atoms with Crippen molar-refractivity contribution in [3.05, 3.63) is 157 Å².